The summed E-state index contributed by atoms with van der Waals surface area (Å²) in [5.41, 5.74) is 0. The molecule has 1 unspecified atom stereocenters. The molecule has 0 rings (SSSR count). The van der Waals surface area contributed by atoms with Crippen LogP contribution in [0.25, 0.3) is 0 Å². The van der Waals surface area contributed by atoms with Crippen LogP contribution >= 0.6 is 0 Å². The summed E-state index contributed by atoms with van der Waals surface area (Å²) < 4.78 is 0. The van der Waals surface area contributed by atoms with Crippen LogP contribution in [0.1, 0.15) is 6.92 Å². The Bertz CT molecular complexity index is 101. The highest BCUT2D eigenvalue weighted by atomic mass is 17.0. The van der Waals surface area contributed by atoms with Crippen LogP contribution in [0.3, 0.4) is 0 Å². The number of hydrogen-bond donors (Lipinski definition) is 0. The van der Waals surface area contributed by atoms with E-state index < -0.39 is 11.2 Å². The SMILES string of the molecule is CC([C]=O)O[N+](=O)[O-]. The first-order valence-corrected chi connectivity index (χ1v) is 1.85. The molecule has 1 radical (unpaired) electrons. The smallest absolute Gasteiger partial charge is 0.295 e. The first-order valence-electron chi connectivity index (χ1n) is 1.85. The van der Waals surface area contributed by atoms with Gasteiger partial charge in [-0.2, -0.15) is 0 Å². The molecule has 8 heavy (non-hydrogen) atoms. The van der Waals surface area contributed by atoms with Gasteiger partial charge in [0.2, 0.25) is 6.29 Å². The highest BCUT2D eigenvalue weighted by molar-refractivity contribution is 5.55. The second kappa shape index (κ2) is 2.95. The maximum Gasteiger partial charge on any atom is 0.295 e. The van der Waals surface area contributed by atoms with E-state index in [1.54, 1.807) is 0 Å². The molecule has 0 aromatic carbocycles. The minimum Gasteiger partial charge on any atom is -0.302 e. The molecule has 0 aromatic rings. The Morgan fingerprint density at radius 2 is 2.38 bits per heavy atom. The third-order valence-electron chi connectivity index (χ3n) is 0.410. The second-order valence-corrected chi connectivity index (χ2v) is 1.09. The van der Waals surface area contributed by atoms with Crippen LogP contribution in [0.15, 0.2) is 0 Å². The summed E-state index contributed by atoms with van der Waals surface area (Å²) >= 11 is 0. The summed E-state index contributed by atoms with van der Waals surface area (Å²) in [6, 6.07) is 0. The minimum absolute atomic E-state index is 1.03. The fraction of sp³-hybridized carbons (Fsp3) is 0.667. The van der Waals surface area contributed by atoms with Crippen molar-refractivity contribution in [2.24, 2.45) is 0 Å². The van der Waals surface area contributed by atoms with Gasteiger partial charge in [-0.25, -0.2) is 0 Å². The molecule has 0 fully saturated rings. The third kappa shape index (κ3) is 3.08. The van der Waals surface area contributed by atoms with Gasteiger partial charge in [-0.1, -0.05) is 0 Å². The summed E-state index contributed by atoms with van der Waals surface area (Å²) in [5, 5.41) is 8.34. The Morgan fingerprint density at radius 3 is 2.50 bits per heavy atom. The molecule has 0 N–H and O–H groups in total. The minimum atomic E-state index is -1.08. The summed E-state index contributed by atoms with van der Waals surface area (Å²) in [6.45, 7) is 1.23. The van der Waals surface area contributed by atoms with Crippen LogP contribution in [0.4, 0.5) is 0 Å². The first-order chi connectivity index (χ1) is 3.66. The molecule has 0 amide bonds. The molecule has 5 heteroatoms. The third-order valence-corrected chi connectivity index (χ3v) is 0.410. The molecule has 45 valence electrons. The zero-order chi connectivity index (χ0) is 6.57. The Hall–Kier alpha value is -1.13. The maximum absolute atomic E-state index is 9.49. The summed E-state index contributed by atoms with van der Waals surface area (Å²) in [4.78, 5) is 22.6. The lowest BCUT2D eigenvalue weighted by molar-refractivity contribution is -0.762. The molecule has 0 aromatic heterocycles. The predicted molar refractivity (Wildman–Crippen MR) is 23.2 cm³/mol. The van der Waals surface area contributed by atoms with Gasteiger partial charge in [0.05, 0.1) is 0 Å². The molecule has 0 saturated carbocycles. The van der Waals surface area contributed by atoms with Crippen LogP contribution in [0.2, 0.25) is 0 Å². The summed E-state index contributed by atoms with van der Waals surface area (Å²) in [6.07, 6.45) is 0.204. The Balaban J connectivity index is 3.38. The number of nitrogens with zero attached hydrogens (tertiary/aromatic N) is 1. The van der Waals surface area contributed by atoms with E-state index >= 15 is 0 Å². The zero-order valence-electron chi connectivity index (χ0n) is 4.16. The van der Waals surface area contributed by atoms with Crippen molar-refractivity contribution in [1.29, 1.82) is 0 Å². The van der Waals surface area contributed by atoms with Crippen LogP contribution in [-0.2, 0) is 9.63 Å². The van der Waals surface area contributed by atoms with E-state index in [9.17, 15) is 14.9 Å². The monoisotopic (exact) mass is 118 g/mol. The van der Waals surface area contributed by atoms with Crippen molar-refractivity contribution in [2.45, 2.75) is 13.0 Å². The van der Waals surface area contributed by atoms with Crippen molar-refractivity contribution in [2.75, 3.05) is 0 Å². The largest absolute Gasteiger partial charge is 0.302 e. The predicted octanol–water partition coefficient (Wildman–Crippen LogP) is -0.307. The van der Waals surface area contributed by atoms with Gasteiger partial charge >= 0.3 is 0 Å². The standard InChI is InChI=1S/C3H4NO4/c1-3(2-5)8-4(6)7/h3H,1H3. The first kappa shape index (κ1) is 6.87. The quantitative estimate of drug-likeness (QED) is 0.376. The van der Waals surface area contributed by atoms with E-state index in [1.165, 1.54) is 13.2 Å². The number of rotatable bonds is 3. The van der Waals surface area contributed by atoms with Crippen molar-refractivity contribution in [3.8, 4) is 0 Å². The summed E-state index contributed by atoms with van der Waals surface area (Å²) in [7, 11) is 0. The van der Waals surface area contributed by atoms with E-state index in [0.717, 1.165) is 0 Å². The van der Waals surface area contributed by atoms with Crippen LogP contribution in [0.5, 0.6) is 0 Å². The number of carbonyl (C=O) groups excluding carboxylic acids is 1. The highest BCUT2D eigenvalue weighted by Crippen LogP contribution is 1.82. The van der Waals surface area contributed by atoms with Crippen LogP contribution < -0.4 is 0 Å². The maximum atomic E-state index is 9.49. The highest BCUT2D eigenvalue weighted by Gasteiger charge is 2.03. The topological polar surface area (TPSA) is 69.4 Å². The van der Waals surface area contributed by atoms with Gasteiger partial charge in [0.1, 0.15) is 0 Å². The molecule has 0 spiro atoms. The van der Waals surface area contributed by atoms with Crippen molar-refractivity contribution in [3.63, 3.8) is 0 Å². The van der Waals surface area contributed by atoms with E-state index in [4.69, 9.17) is 0 Å². The van der Waals surface area contributed by atoms with Gasteiger partial charge in [0.15, 0.2) is 6.10 Å². The summed E-state index contributed by atoms with van der Waals surface area (Å²) in [5.74, 6) is 0. The fourth-order valence-electron chi connectivity index (χ4n) is 0.151. The van der Waals surface area contributed by atoms with Crippen molar-refractivity contribution >= 4 is 6.29 Å². The zero-order valence-corrected chi connectivity index (χ0v) is 4.16. The van der Waals surface area contributed by atoms with E-state index in [0.29, 0.717) is 0 Å². The van der Waals surface area contributed by atoms with Crippen molar-refractivity contribution < 1.29 is 14.7 Å². The Morgan fingerprint density at radius 1 is 1.88 bits per heavy atom. The molecular formula is C3H4NO4. The molecule has 0 aliphatic heterocycles. The van der Waals surface area contributed by atoms with Crippen LogP contribution in [-0.4, -0.2) is 17.5 Å². The van der Waals surface area contributed by atoms with E-state index in [-0.39, 0.29) is 0 Å². The van der Waals surface area contributed by atoms with Crippen LogP contribution in [0, 0.1) is 10.1 Å². The molecular weight excluding hydrogens is 114 g/mol. The lowest BCUT2D eigenvalue weighted by Gasteiger charge is -1.95. The van der Waals surface area contributed by atoms with Gasteiger partial charge < -0.3 is 4.84 Å². The van der Waals surface area contributed by atoms with Gasteiger partial charge in [0.25, 0.3) is 5.09 Å². The fourth-order valence-corrected chi connectivity index (χ4v) is 0.151. The van der Waals surface area contributed by atoms with Crippen molar-refractivity contribution in [3.05, 3.63) is 10.1 Å². The van der Waals surface area contributed by atoms with Crippen molar-refractivity contribution in [1.82, 2.24) is 0 Å². The van der Waals surface area contributed by atoms with Gasteiger partial charge in [-0.3, -0.25) is 4.79 Å². The Kier molecular flexibility index (Phi) is 2.53. The molecule has 5 nitrogen and oxygen atoms in total. The molecule has 0 heterocycles. The molecule has 0 saturated heterocycles. The Labute approximate surface area is 45.4 Å². The van der Waals surface area contributed by atoms with E-state index in [2.05, 4.69) is 4.84 Å². The van der Waals surface area contributed by atoms with Gasteiger partial charge in [0, 0.05) is 0 Å². The molecule has 0 bridgehead atoms. The normalized spacial score (nSPS) is 12.1. The van der Waals surface area contributed by atoms with Gasteiger partial charge in [-0.05, 0) is 6.92 Å². The average molecular weight is 118 g/mol. The number of hydrogen-bond acceptors (Lipinski definition) is 4. The second-order valence-electron chi connectivity index (χ2n) is 1.09. The lowest BCUT2D eigenvalue weighted by atomic mass is 10.5. The molecule has 0 aliphatic carbocycles. The van der Waals surface area contributed by atoms with E-state index in [1.807, 2.05) is 0 Å². The van der Waals surface area contributed by atoms with Gasteiger partial charge in [-0.15, -0.1) is 10.1 Å². The lowest BCUT2D eigenvalue weighted by Crippen LogP contribution is -2.13. The average Bonchev–Trinajstić information content (AvgIpc) is 1.65. The molecule has 1 atom stereocenters. The molecule has 0 aliphatic rings.